The Bertz CT molecular complexity index is 277. The van der Waals surface area contributed by atoms with Gasteiger partial charge in [-0.3, -0.25) is 0 Å². The molecule has 0 spiro atoms. The van der Waals surface area contributed by atoms with Crippen LogP contribution in [-0.2, 0) is 0 Å². The van der Waals surface area contributed by atoms with Gasteiger partial charge in [-0.05, 0) is 23.0 Å². The minimum atomic E-state index is 1.07. The maximum absolute atomic E-state index is 4.28. The molecule has 0 aromatic carbocycles. The summed E-state index contributed by atoms with van der Waals surface area (Å²) in [5.41, 5.74) is 0. The summed E-state index contributed by atoms with van der Waals surface area (Å²) in [5.74, 6) is 1.07. The molecule has 0 unspecified atom stereocenters. The Morgan fingerprint density at radius 1 is 0.250 bits per heavy atom. The Hall–Kier alpha value is 1.08. The summed E-state index contributed by atoms with van der Waals surface area (Å²) in [6, 6.07) is 0. The van der Waals surface area contributed by atoms with E-state index in [2.05, 4.69) is 35.2 Å². The normalized spacial score (nSPS) is 11.4. The highest BCUT2D eigenvalue weighted by Gasteiger charge is 1.96. The van der Waals surface area contributed by atoms with E-state index in [-0.39, 0.29) is 0 Å². The molecule has 0 aliphatic rings. The van der Waals surface area contributed by atoms with Gasteiger partial charge in [0.25, 0.3) is 0 Å². The topological polar surface area (TPSA) is 0 Å². The maximum Gasteiger partial charge on any atom is -0.000473 e. The molecule has 0 aromatic rings. The van der Waals surface area contributed by atoms with E-state index >= 15 is 0 Å². The summed E-state index contributed by atoms with van der Waals surface area (Å²) >= 11 is 6.78. The van der Waals surface area contributed by atoms with Gasteiger partial charge in [-0.1, -0.05) is 190 Å². The number of halogens is 1. The van der Waals surface area contributed by atoms with Crippen molar-refractivity contribution in [1.29, 1.82) is 0 Å². The van der Waals surface area contributed by atoms with Gasteiger partial charge in [0.05, 0.1) is 0 Å². The van der Waals surface area contributed by atoms with Gasteiger partial charge in [0.2, 0.25) is 0 Å². The summed E-state index contributed by atoms with van der Waals surface area (Å²) in [6.45, 7) is 0. The van der Waals surface area contributed by atoms with Crippen molar-refractivity contribution in [3.63, 3.8) is 0 Å². The van der Waals surface area contributed by atoms with Crippen LogP contribution in [0.5, 0.6) is 0 Å². The molecule has 0 radical (unpaired) electrons. The fourth-order valence-corrected chi connectivity index (χ4v) is 5.57. The lowest BCUT2D eigenvalue weighted by Crippen LogP contribution is -1.85. The van der Waals surface area contributed by atoms with Gasteiger partial charge in [-0.15, -0.1) is 0 Å². The molecule has 0 atom stereocenters. The number of alkyl halides is 1. The molecule has 2 heteroatoms. The first kappa shape index (κ1) is 33.1. The third kappa shape index (κ3) is 31.1. The molecular weight excluding hydrogens is 519 g/mol. The van der Waals surface area contributed by atoms with Crippen molar-refractivity contribution in [2.24, 2.45) is 0 Å². The zero-order valence-electron chi connectivity index (χ0n) is 22.0. The predicted molar refractivity (Wildman–Crippen MR) is 162 cm³/mol. The molecule has 0 saturated heterocycles. The lowest BCUT2D eigenvalue weighted by Gasteiger charge is -2.04. The lowest BCUT2D eigenvalue weighted by atomic mass is 10.0. The average molecular weight is 581 g/mol. The van der Waals surface area contributed by atoms with Crippen LogP contribution < -0.4 is 0 Å². The van der Waals surface area contributed by atoms with Crippen molar-refractivity contribution >= 4 is 35.2 Å². The summed E-state index contributed by atoms with van der Waals surface area (Å²) in [5, 5.41) is 0. The molecule has 0 aliphatic heterocycles. The van der Waals surface area contributed by atoms with Gasteiger partial charge in [0, 0.05) is 0 Å². The first-order valence-corrected chi connectivity index (χ1v) is 17.2. The van der Waals surface area contributed by atoms with E-state index in [0.717, 1.165) is 5.75 Å². The zero-order valence-corrected chi connectivity index (χ0v) is 25.1. The van der Waals surface area contributed by atoms with Crippen LogP contribution >= 0.6 is 35.2 Å². The van der Waals surface area contributed by atoms with Crippen molar-refractivity contribution in [3.8, 4) is 0 Å². The van der Waals surface area contributed by atoms with Crippen LogP contribution in [0.3, 0.4) is 0 Å². The molecule has 0 fully saturated rings. The van der Waals surface area contributed by atoms with E-state index in [1.54, 1.807) is 0 Å². The highest BCUT2D eigenvalue weighted by molar-refractivity contribution is 14.1. The molecule has 32 heavy (non-hydrogen) atoms. The Balaban J connectivity index is 2.98. The Labute approximate surface area is 224 Å². The van der Waals surface area contributed by atoms with Crippen LogP contribution in [0.4, 0.5) is 0 Å². The fourth-order valence-electron chi connectivity index (χ4n) is 4.80. The first-order chi connectivity index (χ1) is 15.9. The summed E-state index contributed by atoms with van der Waals surface area (Å²) in [7, 11) is 0. The molecule has 0 bridgehead atoms. The van der Waals surface area contributed by atoms with Gasteiger partial charge in [0.1, 0.15) is 0 Å². The molecule has 0 N–H and O–H groups in total. The number of hydrogen-bond acceptors (Lipinski definition) is 1. The minimum Gasteiger partial charge on any atom is -0.179 e. The second kappa shape index (κ2) is 32.1. The summed E-state index contributed by atoms with van der Waals surface area (Å²) in [4.78, 5) is 0. The third-order valence-electron chi connectivity index (χ3n) is 7.04. The largest absolute Gasteiger partial charge is 0.179 e. The average Bonchev–Trinajstić information content (AvgIpc) is 2.81. The second-order valence-corrected chi connectivity index (χ2v) is 11.8. The Morgan fingerprint density at radius 2 is 0.406 bits per heavy atom. The molecule has 0 amide bonds. The van der Waals surface area contributed by atoms with Crippen LogP contribution in [0.15, 0.2) is 0 Å². The quantitative estimate of drug-likeness (QED) is 0.0387. The van der Waals surface area contributed by atoms with E-state index in [1.807, 2.05) is 0 Å². The number of thiol groups is 1. The minimum absolute atomic E-state index is 1.07. The number of unbranched alkanes of at least 4 members (excludes halogenated alkanes) is 27. The van der Waals surface area contributed by atoms with Crippen LogP contribution in [0, 0.1) is 0 Å². The van der Waals surface area contributed by atoms with Crippen molar-refractivity contribution in [2.75, 3.05) is 10.2 Å². The van der Waals surface area contributed by atoms with Gasteiger partial charge in [-0.25, -0.2) is 0 Å². The van der Waals surface area contributed by atoms with Crippen LogP contribution in [0.25, 0.3) is 0 Å². The van der Waals surface area contributed by atoms with E-state index in [0.29, 0.717) is 0 Å². The van der Waals surface area contributed by atoms with Gasteiger partial charge < -0.3 is 0 Å². The Morgan fingerprint density at radius 3 is 0.562 bits per heavy atom. The first-order valence-electron chi connectivity index (χ1n) is 15.1. The monoisotopic (exact) mass is 580 g/mol. The number of hydrogen-bond donors (Lipinski definition) is 1. The lowest BCUT2D eigenvalue weighted by molar-refractivity contribution is 0.514. The van der Waals surface area contributed by atoms with E-state index in [4.69, 9.17) is 0 Å². The summed E-state index contributed by atoms with van der Waals surface area (Å²) in [6.07, 6.45) is 41.2. The highest BCUT2D eigenvalue weighted by atomic mass is 127. The van der Waals surface area contributed by atoms with Crippen molar-refractivity contribution < 1.29 is 0 Å². The second-order valence-electron chi connectivity index (χ2n) is 10.3. The van der Waals surface area contributed by atoms with E-state index in [1.165, 1.54) is 184 Å². The van der Waals surface area contributed by atoms with Gasteiger partial charge >= 0.3 is 0 Å². The van der Waals surface area contributed by atoms with Crippen molar-refractivity contribution in [1.82, 2.24) is 0 Å². The maximum atomic E-state index is 4.28. The van der Waals surface area contributed by atoms with Crippen LogP contribution in [0.2, 0.25) is 0 Å². The van der Waals surface area contributed by atoms with E-state index in [9.17, 15) is 0 Å². The highest BCUT2D eigenvalue weighted by Crippen LogP contribution is 2.16. The zero-order chi connectivity index (χ0) is 23.2. The van der Waals surface area contributed by atoms with Crippen LogP contribution in [0.1, 0.15) is 180 Å². The van der Waals surface area contributed by atoms with E-state index < -0.39 is 0 Å². The molecular formula is C30H61IS. The van der Waals surface area contributed by atoms with Crippen molar-refractivity contribution in [2.45, 2.75) is 180 Å². The molecule has 0 rings (SSSR count). The molecule has 0 heterocycles. The third-order valence-corrected chi connectivity index (χ3v) is 8.12. The molecule has 0 saturated carbocycles. The SMILES string of the molecule is SCCCCCCCCCCCCCCCCCCCCCCCCCCCCCCI. The predicted octanol–water partition coefficient (Wildman–Crippen LogP) is 12.3. The van der Waals surface area contributed by atoms with Crippen molar-refractivity contribution in [3.05, 3.63) is 0 Å². The fraction of sp³-hybridized carbons (Fsp3) is 1.00. The summed E-state index contributed by atoms with van der Waals surface area (Å²) < 4.78 is 1.34. The Kier molecular flexibility index (Phi) is 33.2. The molecule has 194 valence electrons. The van der Waals surface area contributed by atoms with Crippen LogP contribution in [-0.4, -0.2) is 10.2 Å². The number of rotatable bonds is 29. The van der Waals surface area contributed by atoms with Gasteiger partial charge in [-0.2, -0.15) is 12.6 Å². The molecule has 0 aliphatic carbocycles. The van der Waals surface area contributed by atoms with Gasteiger partial charge in [0.15, 0.2) is 0 Å². The molecule has 0 aromatic heterocycles. The smallest absolute Gasteiger partial charge is 0.000473 e. The standard InChI is InChI=1S/C30H61IS/c31-29-27-25-23-21-19-17-15-13-11-9-7-5-3-1-2-4-6-8-10-12-14-16-18-20-22-24-26-28-30-32/h32H,1-30H2. The molecule has 0 nitrogen and oxygen atoms in total.